The van der Waals surface area contributed by atoms with Crippen molar-refractivity contribution in [2.75, 3.05) is 5.32 Å². The van der Waals surface area contributed by atoms with E-state index in [4.69, 9.17) is 0 Å². The molecule has 0 aliphatic heterocycles. The van der Waals surface area contributed by atoms with Gasteiger partial charge in [0.05, 0.1) is 11.0 Å². The molecule has 0 aliphatic carbocycles. The van der Waals surface area contributed by atoms with Gasteiger partial charge in [0.15, 0.2) is 0 Å². The lowest BCUT2D eigenvalue weighted by Crippen LogP contribution is -2.41. The van der Waals surface area contributed by atoms with E-state index in [-0.39, 0.29) is 5.91 Å². The summed E-state index contributed by atoms with van der Waals surface area (Å²) in [6.07, 6.45) is 0. The maximum Gasteiger partial charge on any atom is 0.269 e. The van der Waals surface area contributed by atoms with Crippen molar-refractivity contribution in [2.24, 2.45) is 0 Å². The predicted molar refractivity (Wildman–Crippen MR) is 131 cm³/mol. The van der Waals surface area contributed by atoms with Crippen molar-refractivity contribution < 1.29 is 14.4 Å². The van der Waals surface area contributed by atoms with Crippen LogP contribution in [0.5, 0.6) is 0 Å². The van der Waals surface area contributed by atoms with Gasteiger partial charge in [-0.2, -0.15) is 0 Å². The molecule has 34 heavy (non-hydrogen) atoms. The smallest absolute Gasteiger partial charge is 0.269 e. The van der Waals surface area contributed by atoms with Crippen LogP contribution in [-0.2, 0) is 6.54 Å². The Morgan fingerprint density at radius 1 is 0.794 bits per heavy atom. The van der Waals surface area contributed by atoms with Crippen LogP contribution in [0.3, 0.4) is 0 Å². The van der Waals surface area contributed by atoms with Gasteiger partial charge in [0, 0.05) is 28.9 Å². The van der Waals surface area contributed by atoms with E-state index >= 15 is 0 Å². The van der Waals surface area contributed by atoms with E-state index < -0.39 is 11.8 Å². The lowest BCUT2D eigenvalue weighted by molar-refractivity contribution is 0.0847. The molecule has 0 aliphatic rings. The number of anilines is 1. The van der Waals surface area contributed by atoms with Crippen LogP contribution in [0.1, 0.15) is 49.4 Å². The summed E-state index contributed by atoms with van der Waals surface area (Å²) in [7, 11) is 0. The lowest BCUT2D eigenvalue weighted by atomic mass is 10.1. The highest BCUT2D eigenvalue weighted by molar-refractivity contribution is 6.06. The molecule has 1 aromatic heterocycles. The van der Waals surface area contributed by atoms with Crippen molar-refractivity contribution >= 4 is 34.4 Å². The molecule has 0 saturated heterocycles. The number of hydrogen-bond acceptors (Lipinski definition) is 4. The molecule has 0 unspecified atom stereocenters. The molecule has 0 radical (unpaired) electrons. The summed E-state index contributed by atoms with van der Waals surface area (Å²) < 4.78 is 2.06. The van der Waals surface area contributed by atoms with E-state index in [2.05, 4.69) is 25.7 Å². The van der Waals surface area contributed by atoms with Crippen LogP contribution in [0.15, 0.2) is 66.7 Å². The van der Waals surface area contributed by atoms with Crippen molar-refractivity contribution in [3.05, 3.63) is 94.8 Å². The van der Waals surface area contributed by atoms with E-state index in [1.54, 1.807) is 54.6 Å². The van der Waals surface area contributed by atoms with Gasteiger partial charge in [-0.3, -0.25) is 25.2 Å². The molecule has 4 rings (SSSR count). The summed E-state index contributed by atoms with van der Waals surface area (Å²) in [4.78, 5) is 42.2. The molecule has 3 aromatic carbocycles. The zero-order valence-corrected chi connectivity index (χ0v) is 19.2. The quantitative estimate of drug-likeness (QED) is 0.396. The largest absolute Gasteiger partial charge is 0.329 e. The van der Waals surface area contributed by atoms with E-state index in [9.17, 15) is 14.4 Å². The molecule has 4 aromatic rings. The second-order valence-electron chi connectivity index (χ2n) is 7.86. The van der Waals surface area contributed by atoms with Crippen LogP contribution >= 0.6 is 0 Å². The molecule has 0 bridgehead atoms. The monoisotopic (exact) mass is 455 g/mol. The molecule has 3 N–H and O–H groups in total. The molecule has 0 fully saturated rings. The molecule has 172 valence electrons. The molecular weight excluding hydrogens is 430 g/mol. The number of carbonyl (C=O) groups excluding carboxylic acids is 3. The molecule has 0 spiro atoms. The molecule has 8 heteroatoms. The maximum atomic E-state index is 12.6. The highest BCUT2D eigenvalue weighted by Crippen LogP contribution is 2.19. The van der Waals surface area contributed by atoms with Crippen LogP contribution < -0.4 is 16.2 Å². The highest BCUT2D eigenvalue weighted by Gasteiger charge is 2.14. The minimum Gasteiger partial charge on any atom is -0.329 e. The van der Waals surface area contributed by atoms with Gasteiger partial charge < -0.3 is 9.88 Å². The number of imidazole rings is 1. The van der Waals surface area contributed by atoms with Gasteiger partial charge in [-0.15, -0.1) is 0 Å². The van der Waals surface area contributed by atoms with E-state index in [0.29, 0.717) is 22.4 Å². The Morgan fingerprint density at radius 2 is 1.44 bits per heavy atom. The van der Waals surface area contributed by atoms with E-state index in [0.717, 1.165) is 29.0 Å². The van der Waals surface area contributed by atoms with Crippen LogP contribution in [0.2, 0.25) is 0 Å². The first-order valence-corrected chi connectivity index (χ1v) is 10.9. The number of aromatic nitrogens is 2. The Labute approximate surface area is 197 Å². The Balaban J connectivity index is 1.43. The van der Waals surface area contributed by atoms with Crippen LogP contribution in [-0.4, -0.2) is 27.3 Å². The lowest BCUT2D eigenvalue weighted by Gasteiger charge is -2.12. The number of benzene rings is 3. The number of hydrazine groups is 1. The number of fused-ring (bicyclic) bond motifs is 1. The Morgan fingerprint density at radius 3 is 2.12 bits per heavy atom. The normalized spacial score (nSPS) is 10.7. The van der Waals surface area contributed by atoms with Gasteiger partial charge in [0.25, 0.3) is 17.7 Å². The fraction of sp³-hybridized carbons (Fsp3) is 0.154. The summed E-state index contributed by atoms with van der Waals surface area (Å²) in [5.41, 5.74) is 9.04. The maximum absolute atomic E-state index is 12.6. The highest BCUT2D eigenvalue weighted by atomic mass is 16.2. The summed E-state index contributed by atoms with van der Waals surface area (Å²) in [6, 6.07) is 19.0. The molecule has 0 atom stereocenters. The first-order valence-electron chi connectivity index (χ1n) is 10.9. The van der Waals surface area contributed by atoms with E-state index in [1.165, 1.54) is 0 Å². The topological polar surface area (TPSA) is 105 Å². The Bertz CT molecular complexity index is 1390. The van der Waals surface area contributed by atoms with Gasteiger partial charge >= 0.3 is 0 Å². The minimum absolute atomic E-state index is 0.272. The average molecular weight is 456 g/mol. The van der Waals surface area contributed by atoms with Gasteiger partial charge in [-0.1, -0.05) is 24.3 Å². The van der Waals surface area contributed by atoms with Gasteiger partial charge in [-0.25, -0.2) is 4.98 Å². The minimum atomic E-state index is -0.504. The average Bonchev–Trinajstić information content (AvgIpc) is 3.18. The number of aryl methyl sites for hydroxylation is 3. The van der Waals surface area contributed by atoms with Crippen molar-refractivity contribution in [1.82, 2.24) is 20.4 Å². The molecule has 1 heterocycles. The third kappa shape index (κ3) is 4.66. The second kappa shape index (κ2) is 9.58. The zero-order valence-electron chi connectivity index (χ0n) is 19.2. The van der Waals surface area contributed by atoms with Gasteiger partial charge in [-0.05, 0) is 68.8 Å². The fourth-order valence-corrected chi connectivity index (χ4v) is 3.73. The Kier molecular flexibility index (Phi) is 6.40. The van der Waals surface area contributed by atoms with Crippen LogP contribution in [0.25, 0.3) is 11.0 Å². The first kappa shape index (κ1) is 22.7. The van der Waals surface area contributed by atoms with E-state index in [1.807, 2.05) is 32.9 Å². The van der Waals surface area contributed by atoms with Gasteiger partial charge in [0.2, 0.25) is 0 Å². The summed E-state index contributed by atoms with van der Waals surface area (Å²) >= 11 is 0. The fourth-order valence-electron chi connectivity index (χ4n) is 3.73. The third-order valence-corrected chi connectivity index (χ3v) is 5.59. The number of nitrogens with one attached hydrogen (secondary N) is 3. The first-order chi connectivity index (χ1) is 16.4. The number of rotatable bonds is 5. The standard InChI is InChI=1S/C26H25N5O3/c1-4-31-17(3)27-22-15-20(12-13-23(22)31)26(34)30-29-25(33)19-11-10-16(2)21(14-19)28-24(32)18-8-6-5-7-9-18/h5-15H,4H2,1-3H3,(H,28,32)(H,29,33)(H,30,34). The second-order valence-corrected chi connectivity index (χ2v) is 7.86. The van der Waals surface area contributed by atoms with Crippen LogP contribution in [0.4, 0.5) is 5.69 Å². The number of nitrogens with zero attached hydrogens (tertiary/aromatic N) is 2. The van der Waals surface area contributed by atoms with Crippen molar-refractivity contribution in [1.29, 1.82) is 0 Å². The van der Waals surface area contributed by atoms with Crippen molar-refractivity contribution in [3.63, 3.8) is 0 Å². The SMILES string of the molecule is CCn1c(C)nc2cc(C(=O)NNC(=O)c3ccc(C)c(NC(=O)c4ccccc4)c3)ccc21. The molecule has 8 nitrogen and oxygen atoms in total. The molecular formula is C26H25N5O3. The Hall–Kier alpha value is -4.46. The molecule has 0 saturated carbocycles. The van der Waals surface area contributed by atoms with Crippen molar-refractivity contribution in [3.8, 4) is 0 Å². The summed E-state index contributed by atoms with van der Waals surface area (Å²) in [5, 5.41) is 2.83. The number of amides is 3. The summed E-state index contributed by atoms with van der Waals surface area (Å²) in [5.74, 6) is -0.358. The predicted octanol–water partition coefficient (Wildman–Crippen LogP) is 4.00. The van der Waals surface area contributed by atoms with Gasteiger partial charge in [0.1, 0.15) is 5.82 Å². The van der Waals surface area contributed by atoms with Crippen molar-refractivity contribution in [2.45, 2.75) is 27.3 Å². The molecule has 3 amide bonds. The zero-order chi connectivity index (χ0) is 24.2. The number of hydrogen-bond donors (Lipinski definition) is 3. The number of carbonyl (C=O) groups is 3. The van der Waals surface area contributed by atoms with Crippen LogP contribution in [0, 0.1) is 13.8 Å². The third-order valence-electron chi connectivity index (χ3n) is 5.59. The summed E-state index contributed by atoms with van der Waals surface area (Å²) in [6.45, 7) is 6.57.